The van der Waals surface area contributed by atoms with E-state index in [1.54, 1.807) is 24.3 Å². The number of rotatable bonds is 7. The van der Waals surface area contributed by atoms with Crippen LogP contribution in [-0.4, -0.2) is 72.3 Å². The summed E-state index contributed by atoms with van der Waals surface area (Å²) in [5.41, 5.74) is 1.02. The van der Waals surface area contributed by atoms with Crippen molar-refractivity contribution in [3.63, 3.8) is 0 Å². The number of carbonyl (C=O) groups is 3. The average Bonchev–Trinajstić information content (AvgIpc) is 3.37. The van der Waals surface area contributed by atoms with Gasteiger partial charge < -0.3 is 34.1 Å². The molecule has 0 aliphatic carbocycles. The molecule has 1 amide bonds. The molecule has 2 aliphatic heterocycles. The number of carboxylic acids is 1. The van der Waals surface area contributed by atoms with Crippen molar-refractivity contribution in [2.24, 2.45) is 0 Å². The van der Waals surface area contributed by atoms with Crippen molar-refractivity contribution in [2.75, 3.05) is 27.4 Å². The fourth-order valence-electron chi connectivity index (χ4n) is 3.90. The number of fused-ring (bicyclic) bond motifs is 1. The van der Waals surface area contributed by atoms with Crippen LogP contribution >= 0.6 is 0 Å². The number of carbonyl (C=O) groups excluding carboxylic acids is 2. The van der Waals surface area contributed by atoms with E-state index >= 15 is 0 Å². The molecule has 178 valence electrons. The molecule has 0 bridgehead atoms. The number of hydrogen-bond acceptors (Lipinski definition) is 8. The number of methoxy groups -OCH3 is 2. The second kappa shape index (κ2) is 9.44. The number of carboxylic acid groups (broad SMARTS) is 1. The van der Waals surface area contributed by atoms with Crippen LogP contribution in [0.5, 0.6) is 23.0 Å². The molecule has 10 nitrogen and oxygen atoms in total. The number of ketones is 1. The Labute approximate surface area is 194 Å². The number of amides is 1. The number of hydrogen-bond donors (Lipinski definition) is 2. The number of ether oxygens (including phenoxy) is 4. The van der Waals surface area contributed by atoms with Crippen molar-refractivity contribution in [1.82, 2.24) is 4.90 Å². The predicted molar refractivity (Wildman–Crippen MR) is 118 cm³/mol. The summed E-state index contributed by atoms with van der Waals surface area (Å²) in [6.45, 7) is -0.483. The van der Waals surface area contributed by atoms with Gasteiger partial charge in [0.2, 0.25) is 5.78 Å². The van der Waals surface area contributed by atoms with Gasteiger partial charge in [-0.2, -0.15) is 0 Å². The largest absolute Gasteiger partial charge is 0.493 e. The monoisotopic (exact) mass is 469 g/mol. The van der Waals surface area contributed by atoms with Crippen molar-refractivity contribution >= 4 is 23.7 Å². The zero-order valence-electron chi connectivity index (χ0n) is 18.5. The van der Waals surface area contributed by atoms with Gasteiger partial charge in [-0.1, -0.05) is 6.07 Å². The van der Waals surface area contributed by atoms with Crippen LogP contribution < -0.4 is 18.9 Å². The number of nitrogens with zero attached hydrogens (tertiary/aromatic N) is 1. The van der Waals surface area contributed by atoms with E-state index in [9.17, 15) is 24.6 Å². The SMILES string of the molecule is COc1ccc(/C=C2\Oc3cc(OCC(=O)N4CC(O)C[C@H]4C(=O)O)ccc3C2=O)cc1OC. The van der Waals surface area contributed by atoms with Crippen LogP contribution in [-0.2, 0) is 9.59 Å². The second-order valence-corrected chi connectivity index (χ2v) is 7.79. The zero-order chi connectivity index (χ0) is 24.4. The van der Waals surface area contributed by atoms with Crippen molar-refractivity contribution in [1.29, 1.82) is 0 Å². The Morgan fingerprint density at radius 2 is 1.91 bits per heavy atom. The Hall–Kier alpha value is -4.05. The van der Waals surface area contributed by atoms with Crippen LogP contribution in [0.3, 0.4) is 0 Å². The smallest absolute Gasteiger partial charge is 0.326 e. The van der Waals surface area contributed by atoms with Crippen LogP contribution in [0.2, 0.25) is 0 Å². The van der Waals surface area contributed by atoms with E-state index in [4.69, 9.17) is 18.9 Å². The fraction of sp³-hybridized carbons (Fsp3) is 0.292. The fourth-order valence-corrected chi connectivity index (χ4v) is 3.90. The lowest BCUT2D eigenvalue weighted by atomic mass is 10.1. The van der Waals surface area contributed by atoms with E-state index < -0.39 is 30.6 Å². The first-order chi connectivity index (χ1) is 16.3. The molecule has 0 aromatic heterocycles. The molecule has 2 heterocycles. The summed E-state index contributed by atoms with van der Waals surface area (Å²) in [5, 5.41) is 18.9. The molecule has 10 heteroatoms. The minimum Gasteiger partial charge on any atom is -0.493 e. The molecule has 2 aromatic carbocycles. The molecule has 1 unspecified atom stereocenters. The molecule has 2 aromatic rings. The van der Waals surface area contributed by atoms with Crippen molar-refractivity contribution < 1.29 is 43.5 Å². The molecule has 2 atom stereocenters. The third-order valence-electron chi connectivity index (χ3n) is 5.59. The van der Waals surface area contributed by atoms with E-state index in [1.165, 1.54) is 32.4 Å². The Morgan fingerprint density at radius 3 is 2.62 bits per heavy atom. The van der Waals surface area contributed by atoms with Crippen molar-refractivity contribution in [3.05, 3.63) is 53.3 Å². The Balaban J connectivity index is 1.45. The normalized spacial score (nSPS) is 20.1. The standard InChI is InChI=1S/C24H23NO9/c1-31-18-6-3-13(7-20(18)32-2)8-21-23(28)16-5-4-15(10-19(16)34-21)33-12-22(27)25-11-14(26)9-17(25)24(29)30/h3-8,10,14,17,26H,9,11-12H2,1-2H3,(H,29,30)/b21-8-/t14?,17-/m0/s1. The molecule has 2 aliphatic rings. The van der Waals surface area contributed by atoms with E-state index in [1.807, 2.05) is 0 Å². The predicted octanol–water partition coefficient (Wildman–Crippen LogP) is 1.75. The zero-order valence-corrected chi connectivity index (χ0v) is 18.5. The third kappa shape index (κ3) is 4.53. The minimum absolute atomic E-state index is 0.0228. The third-order valence-corrected chi connectivity index (χ3v) is 5.59. The van der Waals surface area contributed by atoms with Gasteiger partial charge in [-0.05, 0) is 35.9 Å². The maximum absolute atomic E-state index is 12.7. The number of aliphatic hydroxyl groups excluding tert-OH is 1. The number of aliphatic carboxylic acids is 1. The second-order valence-electron chi connectivity index (χ2n) is 7.79. The molecule has 1 fully saturated rings. The van der Waals surface area contributed by atoms with Gasteiger partial charge in [0, 0.05) is 19.0 Å². The Kier molecular flexibility index (Phi) is 6.42. The van der Waals surface area contributed by atoms with Gasteiger partial charge in [-0.15, -0.1) is 0 Å². The van der Waals surface area contributed by atoms with E-state index in [2.05, 4.69) is 0 Å². The highest BCUT2D eigenvalue weighted by Crippen LogP contribution is 2.36. The first-order valence-corrected chi connectivity index (χ1v) is 10.4. The highest BCUT2D eigenvalue weighted by Gasteiger charge is 2.39. The summed E-state index contributed by atoms with van der Waals surface area (Å²) in [6, 6.07) is 8.65. The first kappa shape index (κ1) is 23.1. The lowest BCUT2D eigenvalue weighted by molar-refractivity contribution is -0.148. The van der Waals surface area contributed by atoms with Crippen LogP contribution in [0.15, 0.2) is 42.2 Å². The summed E-state index contributed by atoms with van der Waals surface area (Å²) in [4.78, 5) is 37.6. The maximum atomic E-state index is 12.7. The summed E-state index contributed by atoms with van der Waals surface area (Å²) < 4.78 is 21.7. The van der Waals surface area contributed by atoms with Gasteiger partial charge in [0.15, 0.2) is 23.9 Å². The van der Waals surface area contributed by atoms with Gasteiger partial charge >= 0.3 is 5.97 Å². The van der Waals surface area contributed by atoms with Crippen LogP contribution in [0.1, 0.15) is 22.3 Å². The lowest BCUT2D eigenvalue weighted by Crippen LogP contribution is -2.42. The molecular formula is C24H23NO9. The van der Waals surface area contributed by atoms with E-state index in [0.29, 0.717) is 22.6 Å². The van der Waals surface area contributed by atoms with Crippen LogP contribution in [0.25, 0.3) is 6.08 Å². The minimum atomic E-state index is -1.18. The van der Waals surface area contributed by atoms with E-state index in [-0.39, 0.29) is 36.0 Å². The van der Waals surface area contributed by atoms with Gasteiger partial charge in [0.25, 0.3) is 5.91 Å². The number of likely N-dealkylation sites (tertiary alicyclic amines) is 1. The van der Waals surface area contributed by atoms with Crippen LogP contribution in [0, 0.1) is 0 Å². The number of aliphatic hydroxyl groups is 1. The van der Waals surface area contributed by atoms with Crippen molar-refractivity contribution in [2.45, 2.75) is 18.6 Å². The number of allylic oxidation sites excluding steroid dienone is 1. The Bertz CT molecular complexity index is 1170. The molecule has 34 heavy (non-hydrogen) atoms. The van der Waals surface area contributed by atoms with Crippen LogP contribution in [0.4, 0.5) is 0 Å². The quantitative estimate of drug-likeness (QED) is 0.582. The number of Topliss-reactive ketones (excluding diaryl/α,β-unsaturated/α-hetero) is 1. The topological polar surface area (TPSA) is 132 Å². The van der Waals surface area contributed by atoms with E-state index in [0.717, 1.165) is 4.90 Å². The summed E-state index contributed by atoms with van der Waals surface area (Å²) in [6.07, 6.45) is 0.671. The summed E-state index contributed by atoms with van der Waals surface area (Å²) in [7, 11) is 3.05. The van der Waals surface area contributed by atoms with Crippen molar-refractivity contribution in [3.8, 4) is 23.0 Å². The van der Waals surface area contributed by atoms with Gasteiger partial charge in [0.05, 0.1) is 25.9 Å². The highest BCUT2D eigenvalue weighted by atomic mass is 16.5. The van der Waals surface area contributed by atoms with Gasteiger partial charge in [0.1, 0.15) is 17.5 Å². The number of benzene rings is 2. The first-order valence-electron chi connectivity index (χ1n) is 10.4. The molecule has 2 N–H and O–H groups in total. The number of β-amino-alcohol motifs (C(OH)–C–C–N with tert-alkyl or cyclic N) is 1. The molecular weight excluding hydrogens is 446 g/mol. The Morgan fingerprint density at radius 1 is 1.15 bits per heavy atom. The maximum Gasteiger partial charge on any atom is 0.326 e. The molecule has 0 saturated carbocycles. The molecule has 4 rings (SSSR count). The highest BCUT2D eigenvalue weighted by molar-refractivity contribution is 6.14. The molecule has 0 radical (unpaired) electrons. The summed E-state index contributed by atoms with van der Waals surface area (Å²) in [5.74, 6) is -0.301. The van der Waals surface area contributed by atoms with Gasteiger partial charge in [-0.3, -0.25) is 9.59 Å². The molecule has 0 spiro atoms. The van der Waals surface area contributed by atoms with Gasteiger partial charge in [-0.25, -0.2) is 4.79 Å². The molecule has 1 saturated heterocycles. The summed E-state index contributed by atoms with van der Waals surface area (Å²) >= 11 is 0. The lowest BCUT2D eigenvalue weighted by Gasteiger charge is -2.21. The average molecular weight is 469 g/mol.